The lowest BCUT2D eigenvalue weighted by Crippen LogP contribution is -2.25. The maximum Gasteiger partial charge on any atom is 0.0991 e. The molecule has 0 radical (unpaired) electrons. The zero-order valence-corrected chi connectivity index (χ0v) is 15.9. The van der Waals surface area contributed by atoms with Crippen LogP contribution in [-0.2, 0) is 19.6 Å². The summed E-state index contributed by atoms with van der Waals surface area (Å²) in [4.78, 5) is 6.44. The van der Waals surface area contributed by atoms with Crippen molar-refractivity contribution in [1.29, 1.82) is 0 Å². The van der Waals surface area contributed by atoms with E-state index < -0.39 is 0 Å². The highest BCUT2D eigenvalue weighted by molar-refractivity contribution is 5.34. The smallest absolute Gasteiger partial charge is 0.0991 e. The predicted octanol–water partition coefficient (Wildman–Crippen LogP) is 4.00. The Balaban J connectivity index is 1.52. The number of hydrogen-bond donors (Lipinski definition) is 1. The van der Waals surface area contributed by atoms with Crippen molar-refractivity contribution in [1.82, 2.24) is 19.8 Å². The van der Waals surface area contributed by atoms with Gasteiger partial charge >= 0.3 is 0 Å². The molecule has 2 aromatic carbocycles. The predicted molar refractivity (Wildman–Crippen MR) is 107 cm³/mol. The first-order valence-electron chi connectivity index (χ1n) is 9.18. The fraction of sp³-hybridized carbons (Fsp3) is 0.318. The van der Waals surface area contributed by atoms with E-state index in [4.69, 9.17) is 0 Å². The average molecular weight is 348 g/mol. The van der Waals surface area contributed by atoms with E-state index in [9.17, 15) is 0 Å². The highest BCUT2D eigenvalue weighted by atomic mass is 15.1. The summed E-state index contributed by atoms with van der Waals surface area (Å²) in [6.07, 6.45) is 5.57. The highest BCUT2D eigenvalue weighted by Crippen LogP contribution is 2.11. The first-order chi connectivity index (χ1) is 12.6. The molecule has 0 unspecified atom stereocenters. The van der Waals surface area contributed by atoms with Crippen LogP contribution in [0.3, 0.4) is 0 Å². The lowest BCUT2D eigenvalue weighted by Gasteiger charge is -2.21. The van der Waals surface area contributed by atoms with Crippen molar-refractivity contribution < 1.29 is 0 Å². The van der Waals surface area contributed by atoms with E-state index in [2.05, 4.69) is 84.6 Å². The molecule has 4 nitrogen and oxygen atoms in total. The molecule has 0 saturated carbocycles. The maximum atomic E-state index is 4.09. The van der Waals surface area contributed by atoms with Crippen LogP contribution in [0.4, 0.5) is 0 Å². The van der Waals surface area contributed by atoms with E-state index in [1.54, 1.807) is 6.20 Å². The van der Waals surface area contributed by atoms with E-state index in [1.165, 1.54) is 16.7 Å². The molecule has 26 heavy (non-hydrogen) atoms. The Morgan fingerprint density at radius 2 is 1.73 bits per heavy atom. The zero-order valence-electron chi connectivity index (χ0n) is 15.9. The lowest BCUT2D eigenvalue weighted by atomic mass is 10.1. The summed E-state index contributed by atoms with van der Waals surface area (Å²) in [5, 5.41) is 3.54. The number of imidazole rings is 1. The summed E-state index contributed by atoms with van der Waals surface area (Å²) in [6.45, 7) is 7.18. The van der Waals surface area contributed by atoms with Gasteiger partial charge in [0.1, 0.15) is 0 Å². The van der Waals surface area contributed by atoms with Crippen molar-refractivity contribution in [3.63, 3.8) is 0 Å². The molecule has 3 rings (SSSR count). The van der Waals surface area contributed by atoms with Gasteiger partial charge in [0.25, 0.3) is 0 Å². The zero-order chi connectivity index (χ0) is 18.4. The molecule has 0 bridgehead atoms. The summed E-state index contributed by atoms with van der Waals surface area (Å²) in [5.74, 6) is 0. The third kappa shape index (κ3) is 5.04. The first kappa shape index (κ1) is 18.4. The second-order valence-corrected chi connectivity index (χ2v) is 7.07. The summed E-state index contributed by atoms with van der Waals surface area (Å²) in [6, 6.07) is 18.0. The topological polar surface area (TPSA) is 33.1 Å². The van der Waals surface area contributed by atoms with Crippen LogP contribution in [0.15, 0.2) is 67.3 Å². The van der Waals surface area contributed by atoms with Gasteiger partial charge < -0.3 is 9.88 Å². The third-order valence-corrected chi connectivity index (χ3v) is 4.70. The Morgan fingerprint density at radius 3 is 2.42 bits per heavy atom. The molecule has 1 aromatic heterocycles. The second-order valence-electron chi connectivity index (χ2n) is 7.07. The van der Waals surface area contributed by atoms with E-state index in [-0.39, 0.29) is 0 Å². The van der Waals surface area contributed by atoms with Crippen molar-refractivity contribution >= 4 is 0 Å². The molecule has 3 aromatic rings. The fourth-order valence-electron chi connectivity index (χ4n) is 2.86. The van der Waals surface area contributed by atoms with Crippen molar-refractivity contribution in [3.05, 3.63) is 83.9 Å². The molecule has 0 atom stereocenters. The number of aromatic nitrogens is 2. The Labute approximate surface area is 156 Å². The van der Waals surface area contributed by atoms with Crippen LogP contribution in [0, 0.1) is 0 Å². The average Bonchev–Trinajstić information content (AvgIpc) is 3.17. The van der Waals surface area contributed by atoms with Gasteiger partial charge in [0, 0.05) is 43.8 Å². The summed E-state index contributed by atoms with van der Waals surface area (Å²) in [5.41, 5.74) is 5.11. The third-order valence-electron chi connectivity index (χ3n) is 4.70. The molecule has 0 aliphatic heterocycles. The SMILES string of the molecule is CC(C)N(C)Cc1cccc(CNCc2ccc(-n3ccnc3)cc2)c1. The van der Waals surface area contributed by atoms with Gasteiger partial charge in [-0.1, -0.05) is 36.4 Å². The van der Waals surface area contributed by atoms with E-state index in [0.717, 1.165) is 25.3 Å². The van der Waals surface area contributed by atoms with Crippen molar-refractivity contribution in [3.8, 4) is 5.69 Å². The quantitative estimate of drug-likeness (QED) is 0.668. The van der Waals surface area contributed by atoms with Gasteiger partial charge in [0.15, 0.2) is 0 Å². The van der Waals surface area contributed by atoms with Gasteiger partial charge in [0.05, 0.1) is 6.33 Å². The maximum absolute atomic E-state index is 4.09. The summed E-state index contributed by atoms with van der Waals surface area (Å²) < 4.78 is 2.01. The van der Waals surface area contributed by atoms with Gasteiger partial charge in [-0.15, -0.1) is 0 Å². The van der Waals surface area contributed by atoms with Gasteiger partial charge in [0.2, 0.25) is 0 Å². The molecule has 0 spiro atoms. The Bertz CT molecular complexity index is 791. The van der Waals surface area contributed by atoms with Crippen molar-refractivity contribution in [2.45, 2.75) is 39.5 Å². The number of benzene rings is 2. The monoisotopic (exact) mass is 348 g/mol. The van der Waals surface area contributed by atoms with Gasteiger partial charge in [-0.05, 0) is 49.7 Å². The van der Waals surface area contributed by atoms with Crippen LogP contribution < -0.4 is 5.32 Å². The van der Waals surface area contributed by atoms with Gasteiger partial charge in [-0.2, -0.15) is 0 Å². The first-order valence-corrected chi connectivity index (χ1v) is 9.18. The molecule has 136 valence electrons. The Morgan fingerprint density at radius 1 is 1.00 bits per heavy atom. The Hall–Kier alpha value is -2.43. The van der Waals surface area contributed by atoms with E-state index >= 15 is 0 Å². The number of hydrogen-bond acceptors (Lipinski definition) is 3. The number of nitrogens with zero attached hydrogens (tertiary/aromatic N) is 3. The molecule has 4 heteroatoms. The van der Waals surface area contributed by atoms with Crippen LogP contribution in [-0.4, -0.2) is 27.5 Å². The molecule has 0 fully saturated rings. The van der Waals surface area contributed by atoms with Gasteiger partial charge in [-0.25, -0.2) is 4.98 Å². The lowest BCUT2D eigenvalue weighted by molar-refractivity contribution is 0.266. The molecule has 0 amide bonds. The standard InChI is InChI=1S/C22H28N4/c1-18(2)25(3)16-21-6-4-5-20(13-21)15-24-14-19-7-9-22(10-8-19)26-12-11-23-17-26/h4-13,17-18,24H,14-16H2,1-3H3. The minimum absolute atomic E-state index is 0.557. The molecule has 1 heterocycles. The molecule has 1 N–H and O–H groups in total. The van der Waals surface area contributed by atoms with Crippen LogP contribution >= 0.6 is 0 Å². The van der Waals surface area contributed by atoms with Crippen molar-refractivity contribution in [2.24, 2.45) is 0 Å². The van der Waals surface area contributed by atoms with Crippen LogP contribution in [0.5, 0.6) is 0 Å². The van der Waals surface area contributed by atoms with Crippen molar-refractivity contribution in [2.75, 3.05) is 7.05 Å². The van der Waals surface area contributed by atoms with Crippen LogP contribution in [0.1, 0.15) is 30.5 Å². The molecule has 0 saturated heterocycles. The van der Waals surface area contributed by atoms with E-state index in [0.29, 0.717) is 6.04 Å². The number of rotatable bonds is 8. The normalized spacial score (nSPS) is 11.4. The number of nitrogens with one attached hydrogen (secondary N) is 1. The minimum Gasteiger partial charge on any atom is -0.309 e. The largest absolute Gasteiger partial charge is 0.309 e. The summed E-state index contributed by atoms with van der Waals surface area (Å²) in [7, 11) is 2.17. The van der Waals surface area contributed by atoms with E-state index in [1.807, 2.05) is 17.1 Å². The molecule has 0 aliphatic rings. The highest BCUT2D eigenvalue weighted by Gasteiger charge is 2.05. The molecule has 0 aliphatic carbocycles. The molecular formula is C22H28N4. The van der Waals surface area contributed by atoms with Gasteiger partial charge in [-0.3, -0.25) is 4.90 Å². The second kappa shape index (κ2) is 8.79. The Kier molecular flexibility index (Phi) is 6.21. The fourth-order valence-corrected chi connectivity index (χ4v) is 2.86. The summed E-state index contributed by atoms with van der Waals surface area (Å²) >= 11 is 0. The minimum atomic E-state index is 0.557. The van der Waals surface area contributed by atoms with Crippen LogP contribution in [0.2, 0.25) is 0 Å². The molecular weight excluding hydrogens is 320 g/mol. The van der Waals surface area contributed by atoms with Crippen LogP contribution in [0.25, 0.3) is 5.69 Å².